The van der Waals surface area contributed by atoms with Crippen LogP contribution in [0.2, 0.25) is 10.0 Å². The van der Waals surface area contributed by atoms with Gasteiger partial charge in [-0.3, -0.25) is 9.59 Å². The van der Waals surface area contributed by atoms with Crippen molar-refractivity contribution in [1.82, 2.24) is 9.97 Å². The topological polar surface area (TPSA) is 74.8 Å². The van der Waals surface area contributed by atoms with Gasteiger partial charge in [-0.25, -0.2) is 4.98 Å². The number of benzene rings is 2. The number of Topliss-reactive ketones (excluding diaryl/α,β-unsaturated/α-hetero) is 1. The molecule has 0 unspecified atom stereocenters. The van der Waals surface area contributed by atoms with E-state index in [4.69, 9.17) is 28.2 Å². The lowest BCUT2D eigenvalue weighted by molar-refractivity contribution is -0.118. The van der Waals surface area contributed by atoms with Crippen LogP contribution < -0.4 is 10.9 Å². The van der Waals surface area contributed by atoms with Gasteiger partial charge in [-0.15, -0.1) is 0 Å². The number of thioether (sulfide) groups is 1. The minimum atomic E-state index is -0.561. The number of rotatable bonds is 4. The molecule has 0 saturated carbocycles. The van der Waals surface area contributed by atoms with Gasteiger partial charge in [0.05, 0.1) is 15.6 Å². The van der Waals surface area contributed by atoms with Gasteiger partial charge >= 0.3 is 0 Å². The first-order valence-corrected chi connectivity index (χ1v) is 12.8. The third-order valence-electron chi connectivity index (χ3n) is 6.20. The van der Waals surface area contributed by atoms with Crippen LogP contribution in [0.5, 0.6) is 0 Å². The Kier molecular flexibility index (Phi) is 6.09. The summed E-state index contributed by atoms with van der Waals surface area (Å²) in [5, 5.41) is 4.67. The first-order valence-electron chi connectivity index (χ1n) is 11.0. The van der Waals surface area contributed by atoms with Crippen molar-refractivity contribution in [2.45, 2.75) is 43.5 Å². The predicted octanol–water partition coefficient (Wildman–Crippen LogP) is 6.57. The molecule has 0 radical (unpaired) electrons. The number of H-pyrrole nitrogens is 1. The standard InChI is InChI=1S/C26H23Cl2N3O2S/c1-26(2)11-18-21(19(32)12-26)20(15-8-9-16(27)17(28)10-15)22-23(29-18)30-25(31-24(22)33)34-13-14-6-4-3-5-7-14/h3-10,20H,11-13H2,1-2H3,(H2,29,30,31,33)/t20-/m1/s1. The van der Waals surface area contributed by atoms with E-state index in [9.17, 15) is 9.59 Å². The number of carbonyl (C=O) groups is 1. The molecule has 8 heteroatoms. The van der Waals surface area contributed by atoms with Crippen LogP contribution in [-0.2, 0) is 10.5 Å². The summed E-state index contributed by atoms with van der Waals surface area (Å²) in [6, 6.07) is 15.3. The molecular weight excluding hydrogens is 489 g/mol. The predicted molar refractivity (Wildman–Crippen MR) is 138 cm³/mol. The van der Waals surface area contributed by atoms with Crippen LogP contribution in [0.25, 0.3) is 0 Å². The van der Waals surface area contributed by atoms with Crippen molar-refractivity contribution in [2.24, 2.45) is 5.41 Å². The maximum atomic E-state index is 13.4. The Morgan fingerprint density at radius 2 is 1.82 bits per heavy atom. The quantitative estimate of drug-likeness (QED) is 0.306. The SMILES string of the molecule is CC1(C)CC(=O)C2=C(C1)Nc1nc(SCc3ccccc3)[nH]c(=O)c1[C@@H]2c1ccc(Cl)c(Cl)c1. The molecule has 0 saturated heterocycles. The van der Waals surface area contributed by atoms with Crippen molar-refractivity contribution in [2.75, 3.05) is 5.32 Å². The monoisotopic (exact) mass is 511 g/mol. The molecule has 1 atom stereocenters. The minimum absolute atomic E-state index is 0.0300. The second-order valence-corrected chi connectivity index (χ2v) is 11.3. The summed E-state index contributed by atoms with van der Waals surface area (Å²) >= 11 is 13.9. The number of fused-ring (bicyclic) bond motifs is 1. The smallest absolute Gasteiger partial charge is 0.257 e. The van der Waals surface area contributed by atoms with Crippen LogP contribution in [0.1, 0.15) is 49.3 Å². The minimum Gasteiger partial charge on any atom is -0.343 e. The molecule has 34 heavy (non-hydrogen) atoms. The summed E-state index contributed by atoms with van der Waals surface area (Å²) in [6.45, 7) is 4.15. The van der Waals surface area contributed by atoms with Gasteiger partial charge < -0.3 is 10.3 Å². The van der Waals surface area contributed by atoms with E-state index in [0.717, 1.165) is 16.8 Å². The molecule has 0 amide bonds. The molecule has 5 rings (SSSR count). The Balaban J connectivity index is 1.61. The number of nitrogens with zero attached hydrogens (tertiary/aromatic N) is 1. The van der Waals surface area contributed by atoms with Crippen LogP contribution in [-0.4, -0.2) is 15.8 Å². The summed E-state index contributed by atoms with van der Waals surface area (Å²) < 4.78 is 0. The number of hydrogen-bond acceptors (Lipinski definition) is 5. The normalized spacial score (nSPS) is 18.8. The van der Waals surface area contributed by atoms with Crippen LogP contribution in [0, 0.1) is 5.41 Å². The fourth-order valence-corrected chi connectivity index (χ4v) is 5.84. The number of halogens is 2. The van der Waals surface area contributed by atoms with Crippen molar-refractivity contribution in [3.63, 3.8) is 0 Å². The molecule has 0 bridgehead atoms. The Labute approximate surface area is 212 Å². The highest BCUT2D eigenvalue weighted by atomic mass is 35.5. The molecule has 1 aliphatic carbocycles. The van der Waals surface area contributed by atoms with E-state index in [-0.39, 0.29) is 16.8 Å². The van der Waals surface area contributed by atoms with Crippen LogP contribution in [0.4, 0.5) is 5.82 Å². The van der Waals surface area contributed by atoms with E-state index >= 15 is 0 Å². The molecule has 2 aromatic carbocycles. The van der Waals surface area contributed by atoms with Crippen LogP contribution in [0.15, 0.2) is 69.8 Å². The summed E-state index contributed by atoms with van der Waals surface area (Å²) in [7, 11) is 0. The van der Waals surface area contributed by atoms with E-state index in [1.165, 1.54) is 11.8 Å². The number of aromatic amines is 1. The van der Waals surface area contributed by atoms with Crippen molar-refractivity contribution >= 4 is 46.6 Å². The molecule has 0 spiro atoms. The van der Waals surface area contributed by atoms with E-state index in [2.05, 4.69) is 24.1 Å². The molecular formula is C26H23Cl2N3O2S. The highest BCUT2D eigenvalue weighted by Gasteiger charge is 2.42. The Morgan fingerprint density at radius 1 is 1.06 bits per heavy atom. The Morgan fingerprint density at radius 3 is 2.56 bits per heavy atom. The van der Waals surface area contributed by atoms with E-state index in [1.54, 1.807) is 12.1 Å². The van der Waals surface area contributed by atoms with Gasteiger partial charge in [-0.1, -0.05) is 85.2 Å². The second kappa shape index (κ2) is 8.91. The molecule has 3 aromatic rings. The van der Waals surface area contributed by atoms with Crippen molar-refractivity contribution in [3.05, 3.63) is 96.9 Å². The zero-order valence-corrected chi connectivity index (χ0v) is 21.1. The maximum absolute atomic E-state index is 13.4. The van der Waals surface area contributed by atoms with Crippen molar-refractivity contribution < 1.29 is 4.79 Å². The van der Waals surface area contributed by atoms with Crippen LogP contribution >= 0.6 is 35.0 Å². The van der Waals surface area contributed by atoms with Crippen LogP contribution in [0.3, 0.4) is 0 Å². The van der Waals surface area contributed by atoms with Crippen molar-refractivity contribution in [1.29, 1.82) is 0 Å². The fraction of sp³-hybridized carbons (Fsp3) is 0.269. The lowest BCUT2D eigenvalue weighted by Gasteiger charge is -2.38. The molecule has 5 nitrogen and oxygen atoms in total. The van der Waals surface area contributed by atoms with Crippen molar-refractivity contribution in [3.8, 4) is 0 Å². The Bertz CT molecular complexity index is 1380. The number of hydrogen-bond donors (Lipinski definition) is 2. The summed E-state index contributed by atoms with van der Waals surface area (Å²) in [4.78, 5) is 34.4. The van der Waals surface area contributed by atoms with Gasteiger partial charge in [0.25, 0.3) is 5.56 Å². The number of nitrogens with one attached hydrogen (secondary N) is 2. The third kappa shape index (κ3) is 4.42. The van der Waals surface area contributed by atoms with Gasteiger partial charge in [0.2, 0.25) is 0 Å². The largest absolute Gasteiger partial charge is 0.343 e. The number of allylic oxidation sites excluding steroid dienone is 2. The zero-order chi connectivity index (χ0) is 24.0. The van der Waals surface area contributed by atoms with Gasteiger partial charge in [-0.2, -0.15) is 0 Å². The number of anilines is 1. The molecule has 1 aromatic heterocycles. The zero-order valence-electron chi connectivity index (χ0n) is 18.7. The average molecular weight is 512 g/mol. The number of carbonyl (C=O) groups excluding carboxylic acids is 1. The van der Waals surface area contributed by atoms with E-state index in [0.29, 0.717) is 50.8 Å². The molecule has 0 fully saturated rings. The van der Waals surface area contributed by atoms with Gasteiger partial charge in [0, 0.05) is 29.4 Å². The highest BCUT2D eigenvalue weighted by Crippen LogP contribution is 2.48. The summed E-state index contributed by atoms with van der Waals surface area (Å²) in [5.41, 5.74) is 3.29. The van der Waals surface area contributed by atoms with Gasteiger partial charge in [-0.05, 0) is 35.1 Å². The molecule has 174 valence electrons. The van der Waals surface area contributed by atoms with E-state index < -0.39 is 5.92 Å². The highest BCUT2D eigenvalue weighted by molar-refractivity contribution is 7.98. The fourth-order valence-electron chi connectivity index (χ4n) is 4.71. The number of ketones is 1. The summed E-state index contributed by atoms with van der Waals surface area (Å²) in [6.07, 6.45) is 1.10. The first kappa shape index (κ1) is 23.2. The average Bonchev–Trinajstić information content (AvgIpc) is 2.78. The lowest BCUT2D eigenvalue weighted by atomic mass is 9.69. The second-order valence-electron chi connectivity index (χ2n) is 9.47. The summed E-state index contributed by atoms with van der Waals surface area (Å²) in [5.74, 6) is 0.634. The van der Waals surface area contributed by atoms with E-state index in [1.807, 2.05) is 36.4 Å². The maximum Gasteiger partial charge on any atom is 0.257 e. The number of aromatic nitrogens is 2. The molecule has 2 aliphatic rings. The third-order valence-corrected chi connectivity index (χ3v) is 7.88. The Hall–Kier alpha value is -2.54. The lowest BCUT2D eigenvalue weighted by Crippen LogP contribution is -2.37. The van der Waals surface area contributed by atoms with Gasteiger partial charge in [0.15, 0.2) is 10.9 Å². The van der Waals surface area contributed by atoms with Gasteiger partial charge in [0.1, 0.15) is 5.82 Å². The molecule has 2 heterocycles. The first-order chi connectivity index (χ1) is 16.2. The molecule has 2 N–H and O–H groups in total. The molecule has 1 aliphatic heterocycles.